The SMILES string of the molecule is CC1(C)CC1(C)/C=C/Br. The summed E-state index contributed by atoms with van der Waals surface area (Å²) < 4.78 is 0. The molecular weight excluding hydrogens is 176 g/mol. The van der Waals surface area contributed by atoms with Crippen molar-refractivity contribution < 1.29 is 0 Å². The third-order valence-corrected chi connectivity index (χ3v) is 2.93. The van der Waals surface area contributed by atoms with Crippen molar-refractivity contribution in [3.05, 3.63) is 11.1 Å². The van der Waals surface area contributed by atoms with Gasteiger partial charge >= 0.3 is 0 Å². The standard InChI is InChI=1S/C8H13Br/c1-7(2)6-8(7,3)4-5-9/h4-5H,6H2,1-3H3/b5-4+. The molecule has 1 unspecified atom stereocenters. The first-order chi connectivity index (χ1) is 4.02. The monoisotopic (exact) mass is 188 g/mol. The highest BCUT2D eigenvalue weighted by molar-refractivity contribution is 9.11. The summed E-state index contributed by atoms with van der Waals surface area (Å²) in [7, 11) is 0. The number of hydrogen-bond acceptors (Lipinski definition) is 0. The van der Waals surface area contributed by atoms with Gasteiger partial charge in [-0.15, -0.1) is 0 Å². The Morgan fingerprint density at radius 2 is 1.78 bits per heavy atom. The lowest BCUT2D eigenvalue weighted by atomic mass is 9.99. The van der Waals surface area contributed by atoms with Crippen molar-refractivity contribution in [1.29, 1.82) is 0 Å². The quantitative estimate of drug-likeness (QED) is 0.593. The van der Waals surface area contributed by atoms with Crippen LogP contribution in [0.5, 0.6) is 0 Å². The Hall–Kier alpha value is 0.220. The van der Waals surface area contributed by atoms with Crippen molar-refractivity contribution in [2.45, 2.75) is 27.2 Å². The van der Waals surface area contributed by atoms with Crippen LogP contribution in [0.4, 0.5) is 0 Å². The molecule has 1 atom stereocenters. The Labute approximate surface area is 65.5 Å². The number of halogens is 1. The van der Waals surface area contributed by atoms with Crippen molar-refractivity contribution in [2.24, 2.45) is 10.8 Å². The molecule has 0 heterocycles. The summed E-state index contributed by atoms with van der Waals surface area (Å²) >= 11 is 3.30. The molecule has 0 radical (unpaired) electrons. The smallest absolute Gasteiger partial charge is 0.00815 e. The van der Waals surface area contributed by atoms with Gasteiger partial charge in [-0.1, -0.05) is 42.8 Å². The highest BCUT2D eigenvalue weighted by Crippen LogP contribution is 2.64. The molecule has 0 saturated heterocycles. The largest absolute Gasteiger partial charge is 0.0711 e. The molecular formula is C8H13Br. The Balaban J connectivity index is 2.63. The molecule has 0 aromatic rings. The minimum Gasteiger partial charge on any atom is -0.0711 e. The average Bonchev–Trinajstić information content (AvgIpc) is 2.07. The van der Waals surface area contributed by atoms with Crippen LogP contribution in [0, 0.1) is 10.8 Å². The van der Waals surface area contributed by atoms with Gasteiger partial charge in [0.15, 0.2) is 0 Å². The molecule has 9 heavy (non-hydrogen) atoms. The molecule has 0 amide bonds. The Morgan fingerprint density at radius 3 is 1.89 bits per heavy atom. The first kappa shape index (κ1) is 7.33. The molecule has 0 aromatic carbocycles. The van der Waals surface area contributed by atoms with E-state index in [0.717, 1.165) is 0 Å². The van der Waals surface area contributed by atoms with Crippen LogP contribution in [0.3, 0.4) is 0 Å². The average molecular weight is 189 g/mol. The molecule has 1 rings (SSSR count). The summed E-state index contributed by atoms with van der Waals surface area (Å²) in [5.74, 6) is 0. The molecule has 0 nitrogen and oxygen atoms in total. The molecule has 0 spiro atoms. The van der Waals surface area contributed by atoms with Gasteiger partial charge < -0.3 is 0 Å². The number of allylic oxidation sites excluding steroid dienone is 1. The highest BCUT2D eigenvalue weighted by Gasteiger charge is 2.55. The second-order valence-corrected chi connectivity index (χ2v) is 4.30. The summed E-state index contributed by atoms with van der Waals surface area (Å²) in [5, 5.41) is 0. The van der Waals surface area contributed by atoms with E-state index in [9.17, 15) is 0 Å². The van der Waals surface area contributed by atoms with Crippen LogP contribution in [-0.2, 0) is 0 Å². The first-order valence-electron chi connectivity index (χ1n) is 3.30. The Kier molecular flexibility index (Phi) is 1.51. The van der Waals surface area contributed by atoms with E-state index < -0.39 is 0 Å². The Morgan fingerprint density at radius 1 is 1.33 bits per heavy atom. The van der Waals surface area contributed by atoms with Crippen molar-refractivity contribution in [1.82, 2.24) is 0 Å². The third-order valence-electron chi connectivity index (χ3n) is 2.66. The van der Waals surface area contributed by atoms with Crippen LogP contribution >= 0.6 is 15.9 Å². The van der Waals surface area contributed by atoms with Gasteiger partial charge in [-0.2, -0.15) is 0 Å². The van der Waals surface area contributed by atoms with E-state index in [1.807, 2.05) is 4.99 Å². The molecule has 1 fully saturated rings. The second-order valence-electron chi connectivity index (χ2n) is 3.77. The van der Waals surface area contributed by atoms with Gasteiger partial charge in [0.1, 0.15) is 0 Å². The van der Waals surface area contributed by atoms with E-state index in [0.29, 0.717) is 10.8 Å². The van der Waals surface area contributed by atoms with E-state index >= 15 is 0 Å². The van der Waals surface area contributed by atoms with E-state index in [2.05, 4.69) is 42.8 Å². The first-order valence-corrected chi connectivity index (χ1v) is 4.21. The zero-order chi connectivity index (χ0) is 7.12. The van der Waals surface area contributed by atoms with Gasteiger partial charge in [-0.3, -0.25) is 0 Å². The van der Waals surface area contributed by atoms with E-state index in [-0.39, 0.29) is 0 Å². The zero-order valence-corrected chi connectivity index (χ0v) is 7.83. The maximum Gasteiger partial charge on any atom is -0.00815 e. The van der Waals surface area contributed by atoms with Gasteiger partial charge in [0, 0.05) is 0 Å². The molecule has 52 valence electrons. The molecule has 1 aliphatic carbocycles. The lowest BCUT2D eigenvalue weighted by Gasteiger charge is -2.06. The maximum absolute atomic E-state index is 3.30. The van der Waals surface area contributed by atoms with Crippen LogP contribution in [0.2, 0.25) is 0 Å². The molecule has 1 heteroatoms. The van der Waals surface area contributed by atoms with Gasteiger partial charge in [0.2, 0.25) is 0 Å². The van der Waals surface area contributed by atoms with Crippen molar-refractivity contribution in [3.63, 3.8) is 0 Å². The zero-order valence-electron chi connectivity index (χ0n) is 6.24. The summed E-state index contributed by atoms with van der Waals surface area (Å²) in [6.07, 6.45) is 3.56. The summed E-state index contributed by atoms with van der Waals surface area (Å²) in [4.78, 5) is 1.97. The molecule has 0 N–H and O–H groups in total. The normalized spacial score (nSPS) is 39.6. The van der Waals surface area contributed by atoms with Gasteiger partial charge in [-0.05, 0) is 22.2 Å². The van der Waals surface area contributed by atoms with E-state index in [1.54, 1.807) is 0 Å². The van der Waals surface area contributed by atoms with Crippen molar-refractivity contribution in [3.8, 4) is 0 Å². The minimum atomic E-state index is 0.469. The minimum absolute atomic E-state index is 0.469. The number of rotatable bonds is 1. The van der Waals surface area contributed by atoms with Crippen LogP contribution in [-0.4, -0.2) is 0 Å². The van der Waals surface area contributed by atoms with Gasteiger partial charge in [-0.25, -0.2) is 0 Å². The van der Waals surface area contributed by atoms with Crippen LogP contribution in [0.15, 0.2) is 11.1 Å². The number of hydrogen-bond donors (Lipinski definition) is 0. The lowest BCUT2D eigenvalue weighted by Crippen LogP contribution is -1.98. The highest BCUT2D eigenvalue weighted by atomic mass is 79.9. The predicted molar refractivity (Wildman–Crippen MR) is 44.6 cm³/mol. The van der Waals surface area contributed by atoms with Crippen LogP contribution < -0.4 is 0 Å². The summed E-state index contributed by atoms with van der Waals surface area (Å²) in [6.45, 7) is 6.91. The Bertz CT molecular complexity index is 147. The fourth-order valence-electron chi connectivity index (χ4n) is 1.30. The van der Waals surface area contributed by atoms with Crippen molar-refractivity contribution in [2.75, 3.05) is 0 Å². The fourth-order valence-corrected chi connectivity index (χ4v) is 1.88. The van der Waals surface area contributed by atoms with E-state index in [1.165, 1.54) is 6.42 Å². The van der Waals surface area contributed by atoms with Crippen molar-refractivity contribution >= 4 is 15.9 Å². The van der Waals surface area contributed by atoms with Crippen LogP contribution in [0.1, 0.15) is 27.2 Å². The van der Waals surface area contributed by atoms with Gasteiger partial charge in [0.05, 0.1) is 0 Å². The predicted octanol–water partition coefficient (Wildman–Crippen LogP) is 3.33. The van der Waals surface area contributed by atoms with E-state index in [4.69, 9.17) is 0 Å². The third kappa shape index (κ3) is 1.07. The molecule has 0 aromatic heterocycles. The maximum atomic E-state index is 3.30. The molecule has 0 bridgehead atoms. The van der Waals surface area contributed by atoms with Crippen LogP contribution in [0.25, 0.3) is 0 Å². The molecule has 0 aliphatic heterocycles. The topological polar surface area (TPSA) is 0 Å². The fraction of sp³-hybridized carbons (Fsp3) is 0.750. The second kappa shape index (κ2) is 1.85. The molecule has 1 aliphatic rings. The molecule has 1 saturated carbocycles. The van der Waals surface area contributed by atoms with Gasteiger partial charge in [0.25, 0.3) is 0 Å². The summed E-state index contributed by atoms with van der Waals surface area (Å²) in [5.41, 5.74) is 1.01. The summed E-state index contributed by atoms with van der Waals surface area (Å²) in [6, 6.07) is 0. The lowest BCUT2D eigenvalue weighted by molar-refractivity contribution is 0.503.